The summed E-state index contributed by atoms with van der Waals surface area (Å²) in [7, 11) is 0. The van der Waals surface area contributed by atoms with Crippen LogP contribution in [0.15, 0.2) is 27.4 Å². The highest BCUT2D eigenvalue weighted by Crippen LogP contribution is 2.31. The summed E-state index contributed by atoms with van der Waals surface area (Å²) >= 11 is 0. The molecule has 24 heavy (non-hydrogen) atoms. The molecule has 4 heterocycles. The van der Waals surface area contributed by atoms with E-state index in [0.717, 1.165) is 18.6 Å². The molecule has 4 rings (SSSR count). The third-order valence-electron chi connectivity index (χ3n) is 4.15. The third kappa shape index (κ3) is 2.43. The van der Waals surface area contributed by atoms with E-state index in [-0.39, 0.29) is 17.6 Å². The zero-order valence-electron chi connectivity index (χ0n) is 13.0. The molecule has 1 saturated heterocycles. The van der Waals surface area contributed by atoms with E-state index >= 15 is 0 Å². The Balaban J connectivity index is 1.59. The van der Waals surface area contributed by atoms with E-state index in [4.69, 9.17) is 4.42 Å². The molecule has 0 spiro atoms. The van der Waals surface area contributed by atoms with E-state index in [1.54, 1.807) is 11.0 Å². The Morgan fingerprint density at radius 1 is 1.33 bits per heavy atom. The van der Waals surface area contributed by atoms with Crippen molar-refractivity contribution < 1.29 is 9.21 Å². The Morgan fingerprint density at radius 3 is 2.92 bits per heavy atom. The molecule has 124 valence electrons. The summed E-state index contributed by atoms with van der Waals surface area (Å²) in [4.78, 5) is 28.3. The first kappa shape index (κ1) is 14.5. The predicted molar refractivity (Wildman–Crippen MR) is 83.2 cm³/mol. The van der Waals surface area contributed by atoms with Crippen molar-refractivity contribution in [3.63, 3.8) is 0 Å². The number of rotatable bonds is 3. The van der Waals surface area contributed by atoms with Gasteiger partial charge in [-0.05, 0) is 31.9 Å². The first-order valence-corrected chi connectivity index (χ1v) is 7.69. The molecule has 0 bridgehead atoms. The summed E-state index contributed by atoms with van der Waals surface area (Å²) in [6.45, 7) is 2.45. The second kappa shape index (κ2) is 5.52. The van der Waals surface area contributed by atoms with Crippen LogP contribution in [0.25, 0.3) is 11.5 Å². The van der Waals surface area contributed by atoms with Crippen LogP contribution < -0.4 is 5.69 Å². The minimum absolute atomic E-state index is 0.202. The minimum atomic E-state index is -0.375. The van der Waals surface area contributed by atoms with Gasteiger partial charge >= 0.3 is 5.69 Å². The van der Waals surface area contributed by atoms with Gasteiger partial charge in [-0.1, -0.05) is 0 Å². The zero-order chi connectivity index (χ0) is 16.7. The number of nitrogens with zero attached hydrogens (tertiary/aromatic N) is 3. The van der Waals surface area contributed by atoms with E-state index in [2.05, 4.69) is 25.4 Å². The summed E-state index contributed by atoms with van der Waals surface area (Å²) in [5.41, 5.74) is 0.582. The average Bonchev–Trinajstić information content (AvgIpc) is 3.33. The second-order valence-electron chi connectivity index (χ2n) is 5.80. The average molecular weight is 328 g/mol. The lowest BCUT2D eigenvalue weighted by atomic mass is 10.2. The maximum Gasteiger partial charge on any atom is 0.340 e. The molecule has 0 saturated carbocycles. The molecule has 9 heteroatoms. The van der Waals surface area contributed by atoms with Crippen molar-refractivity contribution in [1.82, 2.24) is 30.3 Å². The van der Waals surface area contributed by atoms with Gasteiger partial charge in [-0.15, -0.1) is 0 Å². The lowest BCUT2D eigenvalue weighted by Crippen LogP contribution is -2.31. The van der Waals surface area contributed by atoms with Gasteiger partial charge in [0, 0.05) is 12.6 Å². The second-order valence-corrected chi connectivity index (χ2v) is 5.80. The van der Waals surface area contributed by atoms with Crippen LogP contribution in [0.1, 0.15) is 41.0 Å². The molecule has 1 aliphatic heterocycles. The van der Waals surface area contributed by atoms with Crippen molar-refractivity contribution in [3.8, 4) is 11.5 Å². The van der Waals surface area contributed by atoms with Crippen LogP contribution in [0.3, 0.4) is 0 Å². The van der Waals surface area contributed by atoms with Crippen molar-refractivity contribution in [2.75, 3.05) is 6.54 Å². The van der Waals surface area contributed by atoms with Gasteiger partial charge in [0.2, 0.25) is 0 Å². The highest BCUT2D eigenvalue weighted by Gasteiger charge is 2.33. The molecule has 1 fully saturated rings. The van der Waals surface area contributed by atoms with E-state index < -0.39 is 0 Å². The van der Waals surface area contributed by atoms with Crippen LogP contribution in [0.5, 0.6) is 0 Å². The van der Waals surface area contributed by atoms with Crippen LogP contribution >= 0.6 is 0 Å². The molecule has 0 unspecified atom stereocenters. The van der Waals surface area contributed by atoms with E-state index in [1.807, 2.05) is 19.1 Å². The van der Waals surface area contributed by atoms with Gasteiger partial charge in [-0.2, -0.15) is 10.2 Å². The van der Waals surface area contributed by atoms with Crippen molar-refractivity contribution >= 4 is 5.91 Å². The van der Waals surface area contributed by atoms with Gasteiger partial charge < -0.3 is 9.32 Å². The number of H-pyrrole nitrogens is 3. The number of hydrogen-bond acceptors (Lipinski definition) is 5. The van der Waals surface area contributed by atoms with Crippen LogP contribution in [0.4, 0.5) is 0 Å². The summed E-state index contributed by atoms with van der Waals surface area (Å²) in [6.07, 6.45) is 1.60. The Kier molecular flexibility index (Phi) is 3.33. The van der Waals surface area contributed by atoms with Gasteiger partial charge in [-0.3, -0.25) is 14.9 Å². The number of aromatic amines is 3. The number of aromatic nitrogens is 5. The minimum Gasteiger partial charge on any atom is -0.460 e. The third-order valence-corrected chi connectivity index (χ3v) is 4.15. The molecular formula is C15H16N6O3. The van der Waals surface area contributed by atoms with Crippen molar-refractivity contribution in [2.24, 2.45) is 0 Å². The number of nitrogens with one attached hydrogen (secondary N) is 3. The molecule has 0 radical (unpaired) electrons. The molecular weight excluding hydrogens is 312 g/mol. The fourth-order valence-corrected chi connectivity index (χ4v) is 3.02. The number of amides is 1. The topological polar surface area (TPSA) is 124 Å². The monoisotopic (exact) mass is 328 g/mol. The Bertz CT molecular complexity index is 933. The lowest BCUT2D eigenvalue weighted by Gasteiger charge is -2.21. The maximum absolute atomic E-state index is 12.8. The SMILES string of the molecule is Cc1ccc(-c2cc(C(=O)N3CCC[C@H]3c3n[nH]c(=O)[nH]3)n[nH]2)o1. The highest BCUT2D eigenvalue weighted by molar-refractivity contribution is 5.93. The van der Waals surface area contributed by atoms with Gasteiger partial charge in [0.25, 0.3) is 5.91 Å². The Hall–Kier alpha value is -3.10. The van der Waals surface area contributed by atoms with Gasteiger partial charge in [0.05, 0.1) is 6.04 Å². The first-order chi connectivity index (χ1) is 11.6. The first-order valence-electron chi connectivity index (χ1n) is 7.69. The molecule has 9 nitrogen and oxygen atoms in total. The van der Waals surface area contributed by atoms with Crippen LogP contribution in [0.2, 0.25) is 0 Å². The number of furan rings is 1. The van der Waals surface area contributed by atoms with Crippen molar-refractivity contribution in [3.05, 3.63) is 46.0 Å². The summed E-state index contributed by atoms with van der Waals surface area (Å²) in [6, 6.07) is 5.10. The number of likely N-dealkylation sites (tertiary alicyclic amines) is 1. The Labute approximate surface area is 136 Å². The van der Waals surface area contributed by atoms with Crippen LogP contribution in [-0.4, -0.2) is 42.7 Å². The fourth-order valence-electron chi connectivity index (χ4n) is 3.02. The summed E-state index contributed by atoms with van der Waals surface area (Å²) in [5.74, 6) is 1.69. The molecule has 1 atom stereocenters. The van der Waals surface area contributed by atoms with Crippen molar-refractivity contribution in [2.45, 2.75) is 25.8 Å². The smallest absolute Gasteiger partial charge is 0.340 e. The van der Waals surface area contributed by atoms with Crippen molar-refractivity contribution in [1.29, 1.82) is 0 Å². The number of hydrogen-bond donors (Lipinski definition) is 3. The van der Waals surface area contributed by atoms with Gasteiger partial charge in [0.1, 0.15) is 11.5 Å². The maximum atomic E-state index is 12.8. The lowest BCUT2D eigenvalue weighted by molar-refractivity contribution is 0.0724. The zero-order valence-corrected chi connectivity index (χ0v) is 13.0. The number of carbonyl (C=O) groups excluding carboxylic acids is 1. The molecule has 3 aromatic heterocycles. The van der Waals surface area contributed by atoms with Gasteiger partial charge in [-0.25, -0.2) is 9.89 Å². The molecule has 3 aromatic rings. The highest BCUT2D eigenvalue weighted by atomic mass is 16.3. The number of carbonyl (C=O) groups is 1. The molecule has 0 aromatic carbocycles. The molecule has 3 N–H and O–H groups in total. The predicted octanol–water partition coefficient (Wildman–Crippen LogP) is 1.37. The summed E-state index contributed by atoms with van der Waals surface area (Å²) < 4.78 is 5.53. The summed E-state index contributed by atoms with van der Waals surface area (Å²) in [5, 5.41) is 13.2. The quantitative estimate of drug-likeness (QED) is 0.670. The van der Waals surface area contributed by atoms with Crippen LogP contribution in [-0.2, 0) is 0 Å². The fraction of sp³-hybridized carbons (Fsp3) is 0.333. The largest absolute Gasteiger partial charge is 0.460 e. The molecule has 1 amide bonds. The normalized spacial score (nSPS) is 17.5. The molecule has 1 aliphatic rings. The van der Waals surface area contributed by atoms with Crippen LogP contribution in [0, 0.1) is 6.92 Å². The number of aryl methyl sites for hydroxylation is 1. The molecule has 0 aliphatic carbocycles. The van der Waals surface area contributed by atoms with E-state index in [9.17, 15) is 9.59 Å². The Morgan fingerprint density at radius 2 is 2.21 bits per heavy atom. The standard InChI is InChI=1S/C15H16N6O3/c1-8-4-5-12(24-8)9-7-10(18-17-9)14(22)21-6-2-3-11(21)13-16-15(23)20-19-13/h4-5,7,11H,2-3,6H2,1H3,(H,17,18)(H2,16,19,20,23)/t11-/m0/s1. The van der Waals surface area contributed by atoms with E-state index in [1.165, 1.54) is 0 Å². The van der Waals surface area contributed by atoms with Gasteiger partial charge in [0.15, 0.2) is 17.3 Å². The van der Waals surface area contributed by atoms with E-state index in [0.29, 0.717) is 29.5 Å².